The van der Waals surface area contributed by atoms with E-state index in [1.165, 1.54) is 109 Å². The lowest BCUT2D eigenvalue weighted by Crippen LogP contribution is -2.38. The zero-order valence-electron chi connectivity index (χ0n) is 37.6. The van der Waals surface area contributed by atoms with Crippen molar-refractivity contribution in [1.29, 1.82) is 0 Å². The van der Waals surface area contributed by atoms with Crippen LogP contribution in [0.25, 0.3) is 69.9 Å². The van der Waals surface area contributed by atoms with Crippen molar-refractivity contribution in [3.8, 4) is 27.9 Å². The molecule has 3 heterocycles. The van der Waals surface area contributed by atoms with E-state index in [2.05, 4.69) is 207 Å². The number of benzene rings is 7. The van der Waals surface area contributed by atoms with Gasteiger partial charge in [-0.2, -0.15) is 0 Å². The molecule has 4 heteroatoms. The van der Waals surface area contributed by atoms with Crippen molar-refractivity contribution in [2.24, 2.45) is 0 Å². The largest absolute Gasteiger partial charge is 0.355 e. The molecule has 302 valence electrons. The normalized spacial score (nSPS) is 14.4. The third-order valence-corrected chi connectivity index (χ3v) is 15.2. The number of thiophene rings is 1. The van der Waals surface area contributed by atoms with E-state index in [1.807, 2.05) is 11.3 Å². The number of aromatic nitrogens is 1. The van der Waals surface area contributed by atoms with Crippen LogP contribution in [0.3, 0.4) is 0 Å². The lowest BCUT2D eigenvalue weighted by atomic mass is 9.58. The number of hydrogen-bond acceptors (Lipinski definition) is 2. The SMILES string of the molecule is CC(C)(C)c1ccc(Nc2cc3c(cc2-c2ccc4c5cc6sc7ccccc7c6cc5n5c4c2Bc2cc(C(C)(C)C)ccc2-5)-c2ccc(C(C)(C)C)cc2C3(C)C)cc1. The van der Waals surface area contributed by atoms with Crippen molar-refractivity contribution in [1.82, 2.24) is 4.57 Å². The quantitative estimate of drug-likeness (QED) is 0.176. The number of hydrogen-bond donors (Lipinski definition) is 1. The molecule has 2 nitrogen and oxygen atoms in total. The van der Waals surface area contributed by atoms with Gasteiger partial charge in [0.05, 0.1) is 5.52 Å². The van der Waals surface area contributed by atoms with Crippen LogP contribution >= 0.6 is 11.3 Å². The Morgan fingerprint density at radius 2 is 1.18 bits per heavy atom. The van der Waals surface area contributed by atoms with Crippen LogP contribution in [0.15, 0.2) is 121 Å². The van der Waals surface area contributed by atoms with Gasteiger partial charge >= 0.3 is 0 Å². The lowest BCUT2D eigenvalue weighted by molar-refractivity contribution is 0.584. The summed E-state index contributed by atoms with van der Waals surface area (Å²) in [5.41, 5.74) is 21.1. The summed E-state index contributed by atoms with van der Waals surface area (Å²) in [6, 6.07) is 47.3. The zero-order chi connectivity index (χ0) is 42.5. The van der Waals surface area contributed by atoms with Gasteiger partial charge in [0.25, 0.3) is 0 Å². The molecule has 0 spiro atoms. The van der Waals surface area contributed by atoms with Gasteiger partial charge in [-0.25, -0.2) is 0 Å². The fourth-order valence-electron chi connectivity index (χ4n) is 10.5. The molecule has 0 radical (unpaired) electrons. The van der Waals surface area contributed by atoms with E-state index in [0.717, 1.165) is 18.7 Å². The molecule has 9 aromatic rings. The average Bonchev–Trinajstić information content (AvgIpc) is 3.81. The molecule has 0 saturated heterocycles. The molecule has 7 aromatic carbocycles. The van der Waals surface area contributed by atoms with Crippen LogP contribution in [0.5, 0.6) is 0 Å². The van der Waals surface area contributed by atoms with Crippen LogP contribution in [-0.2, 0) is 21.7 Å². The van der Waals surface area contributed by atoms with E-state index >= 15 is 0 Å². The summed E-state index contributed by atoms with van der Waals surface area (Å²) < 4.78 is 5.30. The molecule has 0 saturated carbocycles. The highest BCUT2D eigenvalue weighted by molar-refractivity contribution is 7.25. The van der Waals surface area contributed by atoms with Gasteiger partial charge in [-0.1, -0.05) is 154 Å². The van der Waals surface area contributed by atoms with Crippen LogP contribution < -0.4 is 16.2 Å². The Balaban J connectivity index is 1.20. The Hall–Kier alpha value is -5.58. The zero-order valence-corrected chi connectivity index (χ0v) is 38.4. The maximum atomic E-state index is 4.02. The van der Waals surface area contributed by atoms with Crippen molar-refractivity contribution in [3.63, 3.8) is 0 Å². The Morgan fingerprint density at radius 3 is 1.92 bits per heavy atom. The smallest absolute Gasteiger partial charge is 0.198 e. The third-order valence-electron chi connectivity index (χ3n) is 14.1. The van der Waals surface area contributed by atoms with Gasteiger partial charge in [0.2, 0.25) is 0 Å². The molecule has 0 amide bonds. The molecule has 1 N–H and O–H groups in total. The van der Waals surface area contributed by atoms with E-state index in [0.29, 0.717) is 0 Å². The second-order valence-corrected chi connectivity index (χ2v) is 22.7. The fourth-order valence-corrected chi connectivity index (χ4v) is 11.6. The van der Waals surface area contributed by atoms with Crippen LogP contribution in [-0.4, -0.2) is 11.8 Å². The molecule has 2 aromatic heterocycles. The molecule has 11 rings (SSSR count). The topological polar surface area (TPSA) is 17.0 Å². The summed E-state index contributed by atoms with van der Waals surface area (Å²) in [4.78, 5) is 0. The molecule has 1 aliphatic carbocycles. The first-order valence-electron chi connectivity index (χ1n) is 22.1. The van der Waals surface area contributed by atoms with Gasteiger partial charge < -0.3 is 9.88 Å². The highest BCUT2D eigenvalue weighted by atomic mass is 32.1. The summed E-state index contributed by atoms with van der Waals surface area (Å²) in [5.74, 6) is 0. The molecular weight excluding hydrogens is 756 g/mol. The minimum Gasteiger partial charge on any atom is -0.355 e. The number of nitrogens with zero attached hydrogens (tertiary/aromatic N) is 1. The molecule has 0 bridgehead atoms. The van der Waals surface area contributed by atoms with Gasteiger partial charge in [-0.05, 0) is 115 Å². The molecule has 0 unspecified atom stereocenters. The summed E-state index contributed by atoms with van der Waals surface area (Å²) in [5, 5.41) is 9.35. The van der Waals surface area contributed by atoms with Crippen molar-refractivity contribution in [3.05, 3.63) is 149 Å². The lowest BCUT2D eigenvalue weighted by Gasteiger charge is -2.27. The maximum absolute atomic E-state index is 4.02. The molecule has 0 atom stereocenters. The summed E-state index contributed by atoms with van der Waals surface area (Å²) in [6.45, 7) is 25.7. The first-order chi connectivity index (χ1) is 28.9. The van der Waals surface area contributed by atoms with Gasteiger partial charge in [0, 0.05) is 64.5 Å². The monoisotopic (exact) mass is 810 g/mol. The van der Waals surface area contributed by atoms with Crippen LogP contribution in [0.1, 0.15) is 104 Å². The van der Waals surface area contributed by atoms with Crippen molar-refractivity contribution >= 4 is 82.9 Å². The second kappa shape index (κ2) is 12.7. The highest BCUT2D eigenvalue weighted by Crippen LogP contribution is 2.53. The summed E-state index contributed by atoms with van der Waals surface area (Å²) in [6.07, 6.45) is 0. The Morgan fingerprint density at radius 1 is 0.525 bits per heavy atom. The summed E-state index contributed by atoms with van der Waals surface area (Å²) >= 11 is 1.91. The van der Waals surface area contributed by atoms with E-state index in [1.54, 1.807) is 0 Å². The second-order valence-electron chi connectivity index (χ2n) is 21.6. The average molecular weight is 811 g/mol. The molecule has 61 heavy (non-hydrogen) atoms. The van der Waals surface area contributed by atoms with Crippen LogP contribution in [0.4, 0.5) is 11.4 Å². The maximum Gasteiger partial charge on any atom is 0.198 e. The number of anilines is 2. The van der Waals surface area contributed by atoms with E-state index < -0.39 is 0 Å². The predicted octanol–water partition coefficient (Wildman–Crippen LogP) is 14.5. The van der Waals surface area contributed by atoms with E-state index in [4.69, 9.17) is 0 Å². The number of nitrogens with one attached hydrogen (secondary N) is 1. The predicted molar refractivity (Wildman–Crippen MR) is 269 cm³/mol. The minimum absolute atomic E-state index is 0.0390. The Kier molecular flexibility index (Phi) is 8.01. The fraction of sp³-hybridized carbons (Fsp3) is 0.263. The number of fused-ring (bicyclic) bond motifs is 11. The van der Waals surface area contributed by atoms with Crippen LogP contribution in [0.2, 0.25) is 0 Å². The highest BCUT2D eigenvalue weighted by Gasteiger charge is 2.38. The molecular formula is C57H55BN2S. The summed E-state index contributed by atoms with van der Waals surface area (Å²) in [7, 11) is 0.868. The Bertz CT molecular complexity index is 3320. The van der Waals surface area contributed by atoms with Crippen molar-refractivity contribution < 1.29 is 0 Å². The van der Waals surface area contributed by atoms with E-state index in [9.17, 15) is 0 Å². The van der Waals surface area contributed by atoms with Gasteiger partial charge in [0.15, 0.2) is 7.28 Å². The first kappa shape index (κ1) is 38.4. The molecule has 1 aliphatic heterocycles. The third kappa shape index (κ3) is 5.81. The minimum atomic E-state index is -0.152. The van der Waals surface area contributed by atoms with Gasteiger partial charge in [0.1, 0.15) is 0 Å². The number of rotatable bonds is 3. The molecule has 0 fully saturated rings. The van der Waals surface area contributed by atoms with Crippen LogP contribution in [0, 0.1) is 0 Å². The Labute approximate surface area is 365 Å². The van der Waals surface area contributed by atoms with E-state index in [-0.39, 0.29) is 21.7 Å². The standard InChI is InChI=1S/C57H55BN2S/c1-54(2,3)32-16-20-35(21-17-32)59-47-31-45-40(36-22-18-33(55(4,5)6)26-44(36)57(45,10)11)28-41(47)38-23-24-39-42-30-51-43(37-14-12-13-15-50(37)61-51)29-49(42)60-48-25-19-34(56(7,8)9)27-46(48)58-52(38)53(39)60/h12-31,58-59H,1-11H3. The molecule has 2 aliphatic rings. The van der Waals surface area contributed by atoms with Gasteiger partial charge in [-0.3, -0.25) is 0 Å². The van der Waals surface area contributed by atoms with Gasteiger partial charge in [-0.15, -0.1) is 11.3 Å². The first-order valence-corrected chi connectivity index (χ1v) is 22.9. The van der Waals surface area contributed by atoms with Crippen molar-refractivity contribution in [2.75, 3.05) is 5.32 Å². The van der Waals surface area contributed by atoms with Crippen molar-refractivity contribution in [2.45, 2.75) is 97.8 Å².